The highest BCUT2D eigenvalue weighted by atomic mass is 16.5. The molecular weight excluding hydrogens is 350 g/mol. The molecular formula is C24H34NO3+. The van der Waals surface area contributed by atoms with E-state index < -0.39 is 0 Å². The molecule has 0 spiro atoms. The summed E-state index contributed by atoms with van der Waals surface area (Å²) in [5.41, 5.74) is 2.42. The monoisotopic (exact) mass is 384 g/mol. The molecule has 2 aromatic carbocycles. The first-order valence-electron chi connectivity index (χ1n) is 10.4. The Morgan fingerprint density at radius 1 is 1.14 bits per heavy atom. The van der Waals surface area contributed by atoms with E-state index in [4.69, 9.17) is 9.47 Å². The molecule has 0 amide bonds. The second-order valence-corrected chi connectivity index (χ2v) is 8.25. The van der Waals surface area contributed by atoms with Crippen LogP contribution in [0.2, 0.25) is 0 Å². The van der Waals surface area contributed by atoms with Crippen LogP contribution in [0.5, 0.6) is 11.5 Å². The molecule has 1 heterocycles. The average molecular weight is 385 g/mol. The quantitative estimate of drug-likeness (QED) is 0.681. The molecule has 2 aromatic rings. The maximum Gasteiger partial charge on any atom is 0.124 e. The van der Waals surface area contributed by atoms with Crippen molar-refractivity contribution < 1.29 is 19.9 Å². The van der Waals surface area contributed by atoms with Crippen LogP contribution >= 0.6 is 0 Å². The lowest BCUT2D eigenvalue weighted by molar-refractivity contribution is -0.672. The first-order valence-corrected chi connectivity index (χ1v) is 10.4. The number of aromatic hydroxyl groups is 1. The number of methoxy groups -OCH3 is 1. The van der Waals surface area contributed by atoms with Crippen LogP contribution in [0.25, 0.3) is 0 Å². The van der Waals surface area contributed by atoms with Crippen LogP contribution < -0.4 is 10.1 Å². The van der Waals surface area contributed by atoms with Crippen LogP contribution in [0.1, 0.15) is 50.7 Å². The molecule has 3 rings (SSSR count). The van der Waals surface area contributed by atoms with Crippen molar-refractivity contribution in [1.82, 2.24) is 0 Å². The zero-order valence-electron chi connectivity index (χ0n) is 17.4. The highest BCUT2D eigenvalue weighted by Crippen LogP contribution is 2.45. The fourth-order valence-electron chi connectivity index (χ4n) is 4.44. The van der Waals surface area contributed by atoms with Gasteiger partial charge in [-0.15, -0.1) is 0 Å². The lowest BCUT2D eigenvalue weighted by atomic mass is 9.66. The molecule has 28 heavy (non-hydrogen) atoms. The zero-order chi connectivity index (χ0) is 20.0. The number of hydrogen-bond acceptors (Lipinski definition) is 3. The van der Waals surface area contributed by atoms with E-state index in [1.807, 2.05) is 18.2 Å². The summed E-state index contributed by atoms with van der Waals surface area (Å²) in [6.07, 6.45) is 4.19. The van der Waals surface area contributed by atoms with Gasteiger partial charge in [0.2, 0.25) is 0 Å². The normalized spacial score (nSPS) is 24.8. The second-order valence-electron chi connectivity index (χ2n) is 8.25. The molecule has 1 fully saturated rings. The SMILES string of the molecule is CC[C@@]1(C)C[C@@](CC[NH2+]Cc2ccccc2O)(c2ccc(OC)cc2)CCO1. The molecule has 4 heteroatoms. The van der Waals surface area contributed by atoms with E-state index in [2.05, 4.69) is 43.4 Å². The number of para-hydroxylation sites is 1. The summed E-state index contributed by atoms with van der Waals surface area (Å²) >= 11 is 0. The van der Waals surface area contributed by atoms with E-state index >= 15 is 0 Å². The number of quaternary nitrogens is 1. The predicted molar refractivity (Wildman–Crippen MR) is 112 cm³/mol. The van der Waals surface area contributed by atoms with Crippen LogP contribution in [0.15, 0.2) is 48.5 Å². The molecule has 0 bridgehead atoms. The van der Waals surface area contributed by atoms with Crippen LogP contribution in [-0.2, 0) is 16.7 Å². The smallest absolute Gasteiger partial charge is 0.124 e. The van der Waals surface area contributed by atoms with E-state index in [1.54, 1.807) is 13.2 Å². The van der Waals surface area contributed by atoms with Gasteiger partial charge < -0.3 is 19.9 Å². The van der Waals surface area contributed by atoms with Crippen molar-refractivity contribution >= 4 is 0 Å². The zero-order valence-corrected chi connectivity index (χ0v) is 17.4. The largest absolute Gasteiger partial charge is 0.507 e. The van der Waals surface area contributed by atoms with Crippen molar-refractivity contribution in [1.29, 1.82) is 0 Å². The molecule has 1 saturated heterocycles. The Balaban J connectivity index is 1.73. The Bertz CT molecular complexity index is 761. The standard InChI is InChI=1S/C24H33NO3/c1-4-23(2)18-24(14-16-28-23,20-9-11-21(27-3)12-10-20)13-15-25-17-19-7-5-6-8-22(19)26/h5-12,25-26H,4,13-18H2,1-3H3/p+1/t23-,24-/m0/s1. The van der Waals surface area contributed by atoms with Crippen molar-refractivity contribution in [2.24, 2.45) is 0 Å². The van der Waals surface area contributed by atoms with E-state index in [0.29, 0.717) is 5.75 Å². The van der Waals surface area contributed by atoms with Crippen LogP contribution in [0.3, 0.4) is 0 Å². The number of nitrogens with two attached hydrogens (primary N) is 1. The summed E-state index contributed by atoms with van der Waals surface area (Å²) in [5, 5.41) is 12.3. The van der Waals surface area contributed by atoms with Gasteiger partial charge in [-0.3, -0.25) is 0 Å². The summed E-state index contributed by atoms with van der Waals surface area (Å²) in [4.78, 5) is 0. The fraction of sp³-hybridized carbons (Fsp3) is 0.500. The highest BCUT2D eigenvalue weighted by molar-refractivity contribution is 5.33. The minimum absolute atomic E-state index is 0.0735. The minimum Gasteiger partial charge on any atom is -0.507 e. The van der Waals surface area contributed by atoms with Gasteiger partial charge in [0.05, 0.1) is 19.3 Å². The maximum absolute atomic E-state index is 9.99. The molecule has 4 nitrogen and oxygen atoms in total. The minimum atomic E-state index is -0.0735. The van der Waals surface area contributed by atoms with Crippen molar-refractivity contribution in [3.63, 3.8) is 0 Å². The van der Waals surface area contributed by atoms with Crippen molar-refractivity contribution in [3.05, 3.63) is 59.7 Å². The highest BCUT2D eigenvalue weighted by Gasteiger charge is 2.43. The van der Waals surface area contributed by atoms with Crippen LogP contribution in [0.4, 0.5) is 0 Å². The Labute approximate surface area is 168 Å². The number of phenolic OH excluding ortho intramolecular Hbond substituents is 1. The van der Waals surface area contributed by atoms with Crippen molar-refractivity contribution in [3.8, 4) is 11.5 Å². The van der Waals surface area contributed by atoms with E-state index in [-0.39, 0.29) is 11.0 Å². The van der Waals surface area contributed by atoms with Gasteiger partial charge in [-0.05, 0) is 56.0 Å². The van der Waals surface area contributed by atoms with E-state index in [1.165, 1.54) is 5.56 Å². The van der Waals surface area contributed by atoms with Crippen molar-refractivity contribution in [2.45, 2.75) is 57.1 Å². The van der Waals surface area contributed by atoms with Gasteiger partial charge >= 0.3 is 0 Å². The maximum atomic E-state index is 9.99. The van der Waals surface area contributed by atoms with E-state index in [9.17, 15) is 5.11 Å². The Morgan fingerprint density at radius 2 is 1.89 bits per heavy atom. The first-order chi connectivity index (χ1) is 13.5. The van der Waals surface area contributed by atoms with Gasteiger partial charge in [-0.1, -0.05) is 31.2 Å². The van der Waals surface area contributed by atoms with Gasteiger partial charge in [0.25, 0.3) is 0 Å². The molecule has 0 saturated carbocycles. The topological polar surface area (TPSA) is 55.3 Å². The Morgan fingerprint density at radius 3 is 2.57 bits per heavy atom. The summed E-state index contributed by atoms with van der Waals surface area (Å²) in [6.45, 7) is 7.08. The Hall–Kier alpha value is -2.04. The lowest BCUT2D eigenvalue weighted by Crippen LogP contribution is -2.83. The molecule has 1 aliphatic heterocycles. The first kappa shape index (κ1) is 20.7. The number of phenols is 1. The molecule has 1 aliphatic rings. The van der Waals surface area contributed by atoms with Crippen LogP contribution in [-0.4, -0.2) is 31.0 Å². The molecule has 0 aliphatic carbocycles. The predicted octanol–water partition coefficient (Wildman–Crippen LogP) is 3.77. The fourth-order valence-corrected chi connectivity index (χ4v) is 4.44. The number of ether oxygens (including phenoxy) is 2. The van der Waals surface area contributed by atoms with Crippen molar-refractivity contribution in [2.75, 3.05) is 20.3 Å². The van der Waals surface area contributed by atoms with Gasteiger partial charge in [-0.2, -0.15) is 0 Å². The molecule has 0 radical (unpaired) electrons. The molecule has 0 aromatic heterocycles. The van der Waals surface area contributed by atoms with Gasteiger partial charge in [0, 0.05) is 24.0 Å². The van der Waals surface area contributed by atoms with E-state index in [0.717, 1.165) is 56.7 Å². The van der Waals surface area contributed by atoms with Crippen LogP contribution in [0, 0.1) is 0 Å². The third-order valence-corrected chi connectivity index (χ3v) is 6.38. The summed E-state index contributed by atoms with van der Waals surface area (Å²) < 4.78 is 11.5. The number of rotatable bonds is 8. The summed E-state index contributed by atoms with van der Waals surface area (Å²) in [5.74, 6) is 1.28. The summed E-state index contributed by atoms with van der Waals surface area (Å²) in [7, 11) is 1.71. The molecule has 3 N–H and O–H groups in total. The number of hydrogen-bond donors (Lipinski definition) is 2. The summed E-state index contributed by atoms with van der Waals surface area (Å²) in [6, 6.07) is 16.2. The van der Waals surface area contributed by atoms with Gasteiger partial charge in [-0.25, -0.2) is 0 Å². The van der Waals surface area contributed by atoms with Gasteiger partial charge in [0.15, 0.2) is 0 Å². The molecule has 152 valence electrons. The molecule has 0 unspecified atom stereocenters. The average Bonchev–Trinajstić information content (AvgIpc) is 2.72. The number of benzene rings is 2. The third kappa shape index (κ3) is 4.68. The Kier molecular flexibility index (Phi) is 6.63. The van der Waals surface area contributed by atoms with Gasteiger partial charge in [0.1, 0.15) is 18.0 Å². The second kappa shape index (κ2) is 8.97. The molecule has 2 atom stereocenters. The lowest BCUT2D eigenvalue weighted by Gasteiger charge is -2.46. The third-order valence-electron chi connectivity index (χ3n) is 6.38.